The van der Waals surface area contributed by atoms with Gasteiger partial charge in [-0.3, -0.25) is 0 Å². The zero-order chi connectivity index (χ0) is 21.2. The van der Waals surface area contributed by atoms with Crippen LogP contribution >= 0.6 is 0 Å². The molecule has 1 aliphatic carbocycles. The molecule has 3 aliphatic rings. The van der Waals surface area contributed by atoms with Crippen molar-refractivity contribution in [3.63, 3.8) is 0 Å². The summed E-state index contributed by atoms with van der Waals surface area (Å²) < 4.78 is 17.3. The molecule has 7 nitrogen and oxygen atoms in total. The van der Waals surface area contributed by atoms with Gasteiger partial charge in [0.2, 0.25) is 0 Å². The van der Waals surface area contributed by atoms with Crippen LogP contribution in [0, 0.1) is 33.5 Å². The van der Waals surface area contributed by atoms with Crippen LogP contribution in [0.15, 0.2) is 29.3 Å². The van der Waals surface area contributed by atoms with Crippen molar-refractivity contribution in [2.75, 3.05) is 19.8 Å². The van der Waals surface area contributed by atoms with Gasteiger partial charge in [0.25, 0.3) is 5.91 Å². The summed E-state index contributed by atoms with van der Waals surface area (Å²) in [6.07, 6.45) is 7.29. The van der Waals surface area contributed by atoms with Gasteiger partial charge >= 0.3 is 0 Å². The van der Waals surface area contributed by atoms with Crippen LogP contribution in [0.4, 0.5) is 0 Å². The Kier molecular flexibility index (Phi) is 5.44. The van der Waals surface area contributed by atoms with Crippen LogP contribution in [0.1, 0.15) is 56.9 Å². The van der Waals surface area contributed by atoms with Gasteiger partial charge in [0.05, 0.1) is 32.0 Å². The first-order valence-corrected chi connectivity index (χ1v) is 10.8. The monoisotopic (exact) mass is 408 g/mol. The molecular formula is C23H28N4O3. The van der Waals surface area contributed by atoms with Gasteiger partial charge in [-0.25, -0.2) is 4.99 Å². The van der Waals surface area contributed by atoms with Gasteiger partial charge in [-0.2, -0.15) is 10.5 Å². The molecule has 3 atom stereocenters. The predicted octanol–water partition coefficient (Wildman–Crippen LogP) is 3.61. The van der Waals surface area contributed by atoms with E-state index in [1.165, 1.54) is 32.1 Å². The highest BCUT2D eigenvalue weighted by atomic mass is 16.8. The molecule has 0 amide bonds. The topological polar surface area (TPSA) is 114 Å². The second kappa shape index (κ2) is 7.91. The maximum absolute atomic E-state index is 10.1. The van der Waals surface area contributed by atoms with Crippen LogP contribution in [-0.4, -0.2) is 31.6 Å². The molecule has 0 aromatic heterocycles. The van der Waals surface area contributed by atoms with Gasteiger partial charge in [-0.1, -0.05) is 51.2 Å². The van der Waals surface area contributed by atoms with Gasteiger partial charge in [0, 0.05) is 5.92 Å². The van der Waals surface area contributed by atoms with E-state index in [4.69, 9.17) is 19.9 Å². The van der Waals surface area contributed by atoms with E-state index in [1.54, 1.807) is 0 Å². The first-order valence-electron chi connectivity index (χ1n) is 10.8. The number of aliphatic imine (C=N–C) groups is 1. The predicted molar refractivity (Wildman–Crippen MR) is 110 cm³/mol. The van der Waals surface area contributed by atoms with Crippen molar-refractivity contribution in [3.05, 3.63) is 29.8 Å². The van der Waals surface area contributed by atoms with E-state index in [0.29, 0.717) is 19.8 Å². The number of nitrogens with two attached hydrogens (primary N) is 1. The largest absolute Gasteiger partial charge is 0.494 e. The van der Waals surface area contributed by atoms with Crippen LogP contribution < -0.4 is 10.5 Å². The van der Waals surface area contributed by atoms with Crippen molar-refractivity contribution in [1.29, 1.82) is 10.5 Å². The number of hydrogen-bond donors (Lipinski definition) is 1. The third-order valence-electron chi connectivity index (χ3n) is 6.59. The number of nitriles is 2. The fraction of sp³-hybridized carbons (Fsp3) is 0.609. The summed E-state index contributed by atoms with van der Waals surface area (Å²) in [4.78, 5) is 4.29. The molecule has 2 fully saturated rings. The Hall–Kier alpha value is -2.61. The molecule has 0 bridgehead atoms. The molecule has 2 heterocycles. The quantitative estimate of drug-likeness (QED) is 0.624. The van der Waals surface area contributed by atoms with Crippen LogP contribution in [0.5, 0.6) is 5.75 Å². The number of unbranched alkanes of at least 4 members (excludes halogenated alkanes) is 5. The minimum Gasteiger partial charge on any atom is -0.494 e. The second-order valence-corrected chi connectivity index (χ2v) is 8.23. The first kappa shape index (κ1) is 20.7. The molecule has 1 spiro atoms. The zero-order valence-corrected chi connectivity index (χ0v) is 17.4. The second-order valence-electron chi connectivity index (χ2n) is 8.23. The summed E-state index contributed by atoms with van der Waals surface area (Å²) in [7, 11) is 0. The third kappa shape index (κ3) is 2.73. The lowest BCUT2D eigenvalue weighted by Crippen LogP contribution is -2.38. The van der Waals surface area contributed by atoms with E-state index in [9.17, 15) is 10.5 Å². The number of ether oxygens (including phenoxy) is 3. The zero-order valence-electron chi connectivity index (χ0n) is 17.4. The van der Waals surface area contributed by atoms with Crippen molar-refractivity contribution in [2.24, 2.45) is 21.6 Å². The molecule has 30 heavy (non-hydrogen) atoms. The lowest BCUT2D eigenvalue weighted by Gasteiger charge is -2.25. The standard InChI is InChI=1S/C23H28N4O3/c1-2-3-4-5-6-7-12-28-18-10-8-17(9-11-18)19-21(15-24)20(26)27-23(22(19,21)16-25)29-13-14-30-23/h8-11,19H,2-7,12-14H2,1H3,(H2,26,27). The fourth-order valence-electron chi connectivity index (χ4n) is 5.05. The molecule has 158 valence electrons. The Bertz CT molecular complexity index is 895. The van der Waals surface area contributed by atoms with E-state index in [2.05, 4.69) is 24.1 Å². The summed E-state index contributed by atoms with van der Waals surface area (Å²) in [5, 5.41) is 20.1. The summed E-state index contributed by atoms with van der Waals surface area (Å²) in [6.45, 7) is 3.54. The van der Waals surface area contributed by atoms with Crippen LogP contribution in [0.25, 0.3) is 0 Å². The van der Waals surface area contributed by atoms with Crippen molar-refractivity contribution >= 4 is 5.84 Å². The normalized spacial score (nSPS) is 30.4. The number of rotatable bonds is 9. The van der Waals surface area contributed by atoms with Crippen molar-refractivity contribution in [3.8, 4) is 17.9 Å². The number of fused-ring (bicyclic) bond motifs is 2. The Labute approximate surface area is 177 Å². The van der Waals surface area contributed by atoms with Gasteiger partial charge in [-0.05, 0) is 24.1 Å². The first-order chi connectivity index (χ1) is 14.6. The molecule has 1 aromatic carbocycles. The van der Waals surface area contributed by atoms with Crippen molar-refractivity contribution in [2.45, 2.75) is 57.3 Å². The maximum Gasteiger partial charge on any atom is 0.293 e. The Morgan fingerprint density at radius 1 is 1.07 bits per heavy atom. The smallest absolute Gasteiger partial charge is 0.293 e. The Morgan fingerprint density at radius 2 is 1.73 bits per heavy atom. The van der Waals surface area contributed by atoms with Gasteiger partial charge in [0.15, 0.2) is 5.41 Å². The number of nitrogens with zero attached hydrogens (tertiary/aromatic N) is 3. The van der Waals surface area contributed by atoms with E-state index in [0.717, 1.165) is 17.7 Å². The number of amidine groups is 1. The molecule has 7 heteroatoms. The maximum atomic E-state index is 10.1. The average Bonchev–Trinajstić information content (AvgIpc) is 3.01. The molecular weight excluding hydrogens is 380 g/mol. The fourth-order valence-corrected chi connectivity index (χ4v) is 5.05. The van der Waals surface area contributed by atoms with Gasteiger partial charge in [0.1, 0.15) is 17.0 Å². The third-order valence-corrected chi connectivity index (χ3v) is 6.59. The molecule has 1 aromatic rings. The minimum absolute atomic E-state index is 0.113. The summed E-state index contributed by atoms with van der Waals surface area (Å²) >= 11 is 0. The van der Waals surface area contributed by atoms with Gasteiger partial charge < -0.3 is 19.9 Å². The average molecular weight is 409 g/mol. The van der Waals surface area contributed by atoms with Crippen LogP contribution in [0.2, 0.25) is 0 Å². The minimum atomic E-state index is -1.49. The molecule has 1 saturated heterocycles. The van der Waals surface area contributed by atoms with Crippen molar-refractivity contribution < 1.29 is 14.2 Å². The highest BCUT2D eigenvalue weighted by molar-refractivity contribution is 6.00. The lowest BCUT2D eigenvalue weighted by molar-refractivity contribution is -0.184. The SMILES string of the molecule is CCCCCCCCOc1ccc(C2C3(C#N)C(N)=NC4(OCCO4)C23C#N)cc1. The molecule has 1 saturated carbocycles. The van der Waals surface area contributed by atoms with Crippen LogP contribution in [0.3, 0.4) is 0 Å². The summed E-state index contributed by atoms with van der Waals surface area (Å²) in [5.41, 5.74) is 4.49. The molecule has 2 aliphatic heterocycles. The summed E-state index contributed by atoms with van der Waals surface area (Å²) in [6, 6.07) is 12.1. The summed E-state index contributed by atoms with van der Waals surface area (Å²) in [5.74, 6) is -1.05. The van der Waals surface area contributed by atoms with E-state index in [-0.39, 0.29) is 5.84 Å². The number of hydrogen-bond acceptors (Lipinski definition) is 7. The Morgan fingerprint density at radius 3 is 2.37 bits per heavy atom. The van der Waals surface area contributed by atoms with E-state index < -0.39 is 22.7 Å². The number of benzene rings is 1. The molecule has 4 rings (SSSR count). The van der Waals surface area contributed by atoms with E-state index in [1.807, 2.05) is 24.3 Å². The van der Waals surface area contributed by atoms with E-state index >= 15 is 0 Å². The lowest BCUT2D eigenvalue weighted by atomic mass is 9.94. The highest BCUT2D eigenvalue weighted by Crippen LogP contribution is 2.82. The van der Waals surface area contributed by atoms with Crippen LogP contribution in [-0.2, 0) is 9.47 Å². The molecule has 0 radical (unpaired) electrons. The van der Waals surface area contributed by atoms with Crippen molar-refractivity contribution in [1.82, 2.24) is 0 Å². The molecule has 2 N–H and O–H groups in total. The highest BCUT2D eigenvalue weighted by Gasteiger charge is 2.94. The molecule has 3 unspecified atom stereocenters. The van der Waals surface area contributed by atoms with Gasteiger partial charge in [-0.15, -0.1) is 0 Å². The Balaban J connectivity index is 1.44.